The van der Waals surface area contributed by atoms with E-state index in [9.17, 15) is 10.1 Å². The van der Waals surface area contributed by atoms with Crippen molar-refractivity contribution in [2.45, 2.75) is 19.8 Å². The Labute approximate surface area is 87.0 Å². The van der Waals surface area contributed by atoms with Gasteiger partial charge in [-0.25, -0.2) is 0 Å². The Balaban J connectivity index is 2.33. The zero-order valence-electron chi connectivity index (χ0n) is 8.73. The second kappa shape index (κ2) is 3.03. The van der Waals surface area contributed by atoms with Crippen molar-refractivity contribution in [3.8, 4) is 0 Å². The molecule has 82 valence electrons. The van der Waals surface area contributed by atoms with Crippen LogP contribution in [0.15, 0.2) is 6.20 Å². The maximum atomic E-state index is 10.7. The summed E-state index contributed by atoms with van der Waals surface area (Å²) in [6.07, 6.45) is 1.26. The first-order chi connectivity index (χ1) is 7.00. The van der Waals surface area contributed by atoms with E-state index in [1.807, 2.05) is 0 Å². The lowest BCUT2D eigenvalue weighted by atomic mass is 10.1. The highest BCUT2D eigenvalue weighted by atomic mass is 16.6. The summed E-state index contributed by atoms with van der Waals surface area (Å²) in [7, 11) is 0. The molecule has 2 rings (SSSR count). The first-order valence-electron chi connectivity index (χ1n) is 4.88. The highest BCUT2D eigenvalue weighted by Gasteiger charge is 2.60. The summed E-state index contributed by atoms with van der Waals surface area (Å²) in [4.78, 5) is 10.3. The van der Waals surface area contributed by atoms with E-state index in [1.165, 1.54) is 6.20 Å². The lowest BCUT2D eigenvalue weighted by Gasteiger charge is -1.99. The summed E-state index contributed by atoms with van der Waals surface area (Å²) in [6.45, 7) is 4.69. The molecule has 0 spiro atoms. The van der Waals surface area contributed by atoms with Crippen LogP contribution in [0.1, 0.15) is 25.5 Å². The SMILES string of the molecule is CC1(C)C(CN)C1c1[nH]ncc1[N+](=O)[O-]. The second-order valence-corrected chi connectivity index (χ2v) is 4.57. The highest BCUT2D eigenvalue weighted by molar-refractivity contribution is 5.41. The molecule has 1 aliphatic rings. The maximum absolute atomic E-state index is 10.7. The largest absolute Gasteiger partial charge is 0.330 e. The number of nitrogens with zero attached hydrogens (tertiary/aromatic N) is 2. The number of hydrogen-bond donors (Lipinski definition) is 2. The standard InChI is InChI=1S/C9H14N4O2/c1-9(2)5(3-10)7(9)8-6(13(14)15)4-11-12-8/h4-5,7H,3,10H2,1-2H3,(H,11,12). The van der Waals surface area contributed by atoms with Gasteiger partial charge in [0.15, 0.2) is 0 Å². The Kier molecular flexibility index (Phi) is 2.04. The van der Waals surface area contributed by atoms with E-state index in [0.29, 0.717) is 18.2 Å². The molecule has 1 aliphatic carbocycles. The number of nitrogens with one attached hydrogen (secondary N) is 1. The topological polar surface area (TPSA) is 97.8 Å². The Morgan fingerprint density at radius 3 is 2.87 bits per heavy atom. The van der Waals surface area contributed by atoms with Gasteiger partial charge < -0.3 is 5.73 Å². The van der Waals surface area contributed by atoms with Crippen molar-refractivity contribution in [2.75, 3.05) is 6.54 Å². The van der Waals surface area contributed by atoms with Crippen molar-refractivity contribution in [3.05, 3.63) is 22.0 Å². The number of aromatic amines is 1. The van der Waals surface area contributed by atoms with Crippen molar-refractivity contribution in [3.63, 3.8) is 0 Å². The van der Waals surface area contributed by atoms with Crippen LogP contribution >= 0.6 is 0 Å². The minimum atomic E-state index is -0.402. The van der Waals surface area contributed by atoms with Crippen LogP contribution in [-0.2, 0) is 0 Å². The van der Waals surface area contributed by atoms with E-state index in [2.05, 4.69) is 24.0 Å². The summed E-state index contributed by atoms with van der Waals surface area (Å²) in [6, 6.07) is 0. The average molecular weight is 210 g/mol. The van der Waals surface area contributed by atoms with Gasteiger partial charge in [-0.1, -0.05) is 13.8 Å². The van der Waals surface area contributed by atoms with Crippen LogP contribution in [0, 0.1) is 21.4 Å². The third-order valence-corrected chi connectivity index (χ3v) is 3.46. The second-order valence-electron chi connectivity index (χ2n) is 4.57. The lowest BCUT2D eigenvalue weighted by molar-refractivity contribution is -0.385. The van der Waals surface area contributed by atoms with Gasteiger partial charge in [0, 0.05) is 5.92 Å². The monoisotopic (exact) mass is 210 g/mol. The summed E-state index contributed by atoms with van der Waals surface area (Å²) >= 11 is 0. The molecule has 0 amide bonds. The molecule has 1 fully saturated rings. The van der Waals surface area contributed by atoms with Gasteiger partial charge in [0.05, 0.1) is 4.92 Å². The van der Waals surface area contributed by atoms with Crippen molar-refractivity contribution in [1.82, 2.24) is 10.2 Å². The fraction of sp³-hybridized carbons (Fsp3) is 0.667. The van der Waals surface area contributed by atoms with Crippen LogP contribution < -0.4 is 5.73 Å². The van der Waals surface area contributed by atoms with E-state index in [1.54, 1.807) is 0 Å². The molecule has 1 saturated carbocycles. The Bertz CT molecular complexity index is 399. The van der Waals surface area contributed by atoms with Crippen molar-refractivity contribution >= 4 is 5.69 Å². The van der Waals surface area contributed by atoms with Crippen molar-refractivity contribution < 1.29 is 4.92 Å². The van der Waals surface area contributed by atoms with Crippen LogP contribution in [0.4, 0.5) is 5.69 Å². The number of rotatable bonds is 3. The molecule has 0 aliphatic heterocycles. The van der Waals surface area contributed by atoms with Crippen LogP contribution in [0.2, 0.25) is 0 Å². The van der Waals surface area contributed by atoms with Gasteiger partial charge >= 0.3 is 5.69 Å². The predicted molar refractivity (Wildman–Crippen MR) is 54.3 cm³/mol. The van der Waals surface area contributed by atoms with Crippen molar-refractivity contribution in [1.29, 1.82) is 0 Å². The third-order valence-electron chi connectivity index (χ3n) is 3.46. The van der Waals surface area contributed by atoms with Gasteiger partial charge in [0.1, 0.15) is 11.9 Å². The first-order valence-corrected chi connectivity index (χ1v) is 4.88. The van der Waals surface area contributed by atoms with E-state index in [4.69, 9.17) is 5.73 Å². The van der Waals surface area contributed by atoms with Crippen LogP contribution in [0.5, 0.6) is 0 Å². The number of aromatic nitrogens is 2. The molecular weight excluding hydrogens is 196 g/mol. The smallest absolute Gasteiger partial charge is 0.310 e. The molecule has 6 nitrogen and oxygen atoms in total. The molecule has 0 saturated heterocycles. The molecule has 1 heterocycles. The van der Waals surface area contributed by atoms with Gasteiger partial charge in [-0.05, 0) is 17.9 Å². The number of nitro groups is 1. The van der Waals surface area contributed by atoms with Crippen LogP contribution in [-0.4, -0.2) is 21.7 Å². The Morgan fingerprint density at radius 1 is 1.73 bits per heavy atom. The summed E-state index contributed by atoms with van der Waals surface area (Å²) < 4.78 is 0. The van der Waals surface area contributed by atoms with E-state index >= 15 is 0 Å². The molecule has 0 radical (unpaired) electrons. The summed E-state index contributed by atoms with van der Waals surface area (Å²) in [5, 5.41) is 17.2. The normalized spacial score (nSPS) is 27.7. The van der Waals surface area contributed by atoms with Gasteiger partial charge in [0.25, 0.3) is 0 Å². The van der Waals surface area contributed by atoms with Gasteiger partial charge in [0.2, 0.25) is 0 Å². The van der Waals surface area contributed by atoms with Crippen molar-refractivity contribution in [2.24, 2.45) is 17.1 Å². The van der Waals surface area contributed by atoms with E-state index < -0.39 is 4.92 Å². The molecule has 2 atom stereocenters. The average Bonchev–Trinajstić information content (AvgIpc) is 2.57. The highest BCUT2D eigenvalue weighted by Crippen LogP contribution is 2.64. The number of H-pyrrole nitrogens is 1. The van der Waals surface area contributed by atoms with E-state index in [-0.39, 0.29) is 17.0 Å². The molecule has 1 aromatic rings. The Morgan fingerprint density at radius 2 is 2.40 bits per heavy atom. The van der Waals surface area contributed by atoms with Gasteiger partial charge in [-0.2, -0.15) is 5.10 Å². The quantitative estimate of drug-likeness (QED) is 0.574. The molecule has 6 heteroatoms. The molecule has 15 heavy (non-hydrogen) atoms. The fourth-order valence-corrected chi connectivity index (χ4v) is 2.42. The Hall–Kier alpha value is -1.43. The van der Waals surface area contributed by atoms with E-state index in [0.717, 1.165) is 0 Å². The maximum Gasteiger partial charge on any atom is 0.310 e. The molecule has 1 aromatic heterocycles. The summed E-state index contributed by atoms with van der Waals surface area (Å²) in [5.74, 6) is 0.432. The van der Waals surface area contributed by atoms with Gasteiger partial charge in [-0.15, -0.1) is 0 Å². The molecule has 3 N–H and O–H groups in total. The summed E-state index contributed by atoms with van der Waals surface area (Å²) in [5.41, 5.74) is 6.35. The van der Waals surface area contributed by atoms with Crippen LogP contribution in [0.25, 0.3) is 0 Å². The molecule has 0 aromatic carbocycles. The van der Waals surface area contributed by atoms with Crippen LogP contribution in [0.3, 0.4) is 0 Å². The number of nitrogens with two attached hydrogens (primary N) is 1. The molecule has 0 bridgehead atoms. The molecule has 2 unspecified atom stereocenters. The zero-order valence-corrected chi connectivity index (χ0v) is 8.73. The first kappa shape index (κ1) is 10.1. The minimum Gasteiger partial charge on any atom is -0.330 e. The zero-order chi connectivity index (χ0) is 11.2. The molecular formula is C9H14N4O2. The van der Waals surface area contributed by atoms with Gasteiger partial charge in [-0.3, -0.25) is 15.2 Å². The predicted octanol–water partition coefficient (Wildman–Crippen LogP) is 1.02. The third kappa shape index (κ3) is 1.32. The lowest BCUT2D eigenvalue weighted by Crippen LogP contribution is -2.05. The minimum absolute atomic E-state index is 0.0338. The fourth-order valence-electron chi connectivity index (χ4n) is 2.42. The number of hydrogen-bond acceptors (Lipinski definition) is 4.